The highest BCUT2D eigenvalue weighted by Gasteiger charge is 2.36. The number of nitrogens with one attached hydrogen (secondary N) is 1. The van der Waals surface area contributed by atoms with Crippen LogP contribution in [0.25, 0.3) is 11.3 Å². The molecule has 116 valence electrons. The van der Waals surface area contributed by atoms with E-state index in [1.807, 2.05) is 30.3 Å². The molecule has 2 aromatic rings. The molecule has 0 radical (unpaired) electrons. The molecule has 1 aliphatic carbocycles. The van der Waals surface area contributed by atoms with E-state index in [9.17, 15) is 13.3 Å². The molecule has 0 bridgehead atoms. The Bertz CT molecular complexity index is 807. The zero-order chi connectivity index (χ0) is 15.6. The van der Waals surface area contributed by atoms with Gasteiger partial charge in [0.05, 0.1) is 10.2 Å². The van der Waals surface area contributed by atoms with Gasteiger partial charge in [-0.1, -0.05) is 49.6 Å². The predicted octanol–water partition coefficient (Wildman–Crippen LogP) is 2.70. The first-order chi connectivity index (χ1) is 10.6. The van der Waals surface area contributed by atoms with Crippen LogP contribution in [-0.4, -0.2) is 18.8 Å². The summed E-state index contributed by atoms with van der Waals surface area (Å²) < 4.78 is 25.6. The molecular weight excluding hydrogens is 300 g/mol. The van der Waals surface area contributed by atoms with Crippen molar-refractivity contribution in [3.05, 3.63) is 47.4 Å². The lowest BCUT2D eigenvalue weighted by molar-refractivity contribution is -0.604. The van der Waals surface area contributed by atoms with Gasteiger partial charge in [0, 0.05) is 11.6 Å². The van der Waals surface area contributed by atoms with Crippen molar-refractivity contribution in [3.63, 3.8) is 0 Å². The molecule has 22 heavy (non-hydrogen) atoms. The Morgan fingerprint density at radius 1 is 0.955 bits per heavy atom. The summed E-state index contributed by atoms with van der Waals surface area (Å²) in [5, 5.41) is 2.00. The molecule has 1 aromatic carbocycles. The van der Waals surface area contributed by atoms with Gasteiger partial charge in [-0.3, -0.25) is 0 Å². The van der Waals surface area contributed by atoms with Gasteiger partial charge in [-0.25, -0.2) is 8.42 Å². The minimum Gasteiger partial charge on any atom is -0.217 e. The van der Waals surface area contributed by atoms with E-state index < -0.39 is 15.1 Å². The first-order valence-corrected chi connectivity index (χ1v) is 9.09. The number of hydrogen-bond donors (Lipinski definition) is 1. The van der Waals surface area contributed by atoms with Crippen LogP contribution in [0.4, 0.5) is 0 Å². The van der Waals surface area contributed by atoms with Crippen molar-refractivity contribution in [1.82, 2.24) is 5.10 Å². The molecule has 1 fully saturated rings. The van der Waals surface area contributed by atoms with Crippen molar-refractivity contribution in [3.8, 4) is 11.3 Å². The lowest BCUT2D eigenvalue weighted by atomic mass is 10.0. The summed E-state index contributed by atoms with van der Waals surface area (Å²) >= 11 is 0. The fraction of sp³-hybridized carbons (Fsp3) is 0.375. The van der Waals surface area contributed by atoms with Crippen molar-refractivity contribution < 1.29 is 13.0 Å². The molecule has 5 nitrogen and oxygen atoms in total. The van der Waals surface area contributed by atoms with Crippen LogP contribution in [0.15, 0.2) is 47.5 Å². The third kappa shape index (κ3) is 2.83. The van der Waals surface area contributed by atoms with Crippen molar-refractivity contribution in [2.24, 2.45) is 0 Å². The molecule has 0 atom stereocenters. The van der Waals surface area contributed by atoms with Crippen LogP contribution < -0.4 is 4.54 Å². The van der Waals surface area contributed by atoms with Gasteiger partial charge in [-0.15, -0.1) is 5.10 Å². The molecule has 0 spiro atoms. The second-order valence-electron chi connectivity index (χ2n) is 5.66. The number of nitrogens with zero attached hydrogens (tertiary/aromatic N) is 1. The number of benzene rings is 1. The summed E-state index contributed by atoms with van der Waals surface area (Å²) in [5.41, 5.74) is 1.44. The molecule has 0 amide bonds. The quantitative estimate of drug-likeness (QED) is 0.884. The fourth-order valence-electron chi connectivity index (χ4n) is 2.96. The van der Waals surface area contributed by atoms with E-state index in [1.54, 1.807) is 6.07 Å². The van der Waals surface area contributed by atoms with Gasteiger partial charge in [0.15, 0.2) is 4.54 Å². The van der Waals surface area contributed by atoms with Crippen LogP contribution in [0.1, 0.15) is 32.1 Å². The average molecular weight is 319 g/mol. The van der Waals surface area contributed by atoms with Crippen LogP contribution in [0.3, 0.4) is 0 Å². The third-order valence-corrected chi connectivity index (χ3v) is 6.42. The van der Waals surface area contributed by atoms with E-state index >= 15 is 0 Å². The van der Waals surface area contributed by atoms with E-state index in [4.69, 9.17) is 0 Å². The van der Waals surface area contributed by atoms with Crippen molar-refractivity contribution in [1.29, 1.82) is 0 Å². The largest absolute Gasteiger partial charge is 0.382 e. The van der Waals surface area contributed by atoms with E-state index in [-0.39, 0.29) is 5.03 Å². The van der Waals surface area contributed by atoms with E-state index in [0.29, 0.717) is 23.1 Å². The van der Waals surface area contributed by atoms with Gasteiger partial charge < -0.3 is 0 Å². The van der Waals surface area contributed by atoms with Gasteiger partial charge in [-0.05, 0) is 18.9 Å². The summed E-state index contributed by atoms with van der Waals surface area (Å²) in [7, 11) is -3.57. The molecule has 0 unspecified atom stereocenters. The number of rotatable bonds is 3. The zero-order valence-corrected chi connectivity index (χ0v) is 13.1. The van der Waals surface area contributed by atoms with Gasteiger partial charge in [0.25, 0.3) is 0 Å². The number of sulfone groups is 1. The van der Waals surface area contributed by atoms with E-state index in [1.165, 1.54) is 6.07 Å². The molecule has 0 aliphatic heterocycles. The summed E-state index contributed by atoms with van der Waals surface area (Å²) in [6, 6.07) is 12.4. The highest BCUT2D eigenvalue weighted by Crippen LogP contribution is 2.27. The monoisotopic (exact) mass is 319 g/mol. The maximum Gasteiger partial charge on any atom is 0.382 e. The minimum absolute atomic E-state index is 0.181. The molecular formula is C16H19N2O3S+. The first kappa shape index (κ1) is 15.0. The van der Waals surface area contributed by atoms with Crippen molar-refractivity contribution >= 4 is 9.84 Å². The summed E-state index contributed by atoms with van der Waals surface area (Å²) in [4.78, 5) is 12.2. The minimum atomic E-state index is -3.57. The molecule has 1 aliphatic rings. The number of hydrogen-bond acceptors (Lipinski definition) is 3. The number of aromatic amines is 1. The molecule has 0 saturated heterocycles. The number of H-pyrrole nitrogens is 1. The molecule has 1 aromatic heterocycles. The van der Waals surface area contributed by atoms with Crippen LogP contribution in [0, 0.1) is 4.91 Å². The summed E-state index contributed by atoms with van der Waals surface area (Å²) in [5.74, 6) is 0. The maximum absolute atomic E-state index is 12.6. The first-order valence-electron chi connectivity index (χ1n) is 7.54. The molecule has 1 N–H and O–H groups in total. The smallest absolute Gasteiger partial charge is 0.217 e. The van der Waals surface area contributed by atoms with E-state index in [0.717, 1.165) is 24.8 Å². The number of aromatic nitrogens is 2. The normalized spacial score (nSPS) is 16.5. The van der Waals surface area contributed by atoms with Gasteiger partial charge in [0.1, 0.15) is 5.69 Å². The standard InChI is InChI=1S/C16H19N2O3S/c19-18-16(22(20,21)14-9-5-2-6-10-14)12-11-15(17-18)13-7-3-1-4-8-13/h1,3-4,7-8,11-12,14H,2,5-6,9-10H2,(H,17,19)/q+1. The SMILES string of the molecule is O=[n+]1[nH]c(-c2ccccc2)ccc1S(=O)(=O)C1CCCCC1. The van der Waals surface area contributed by atoms with Crippen LogP contribution >= 0.6 is 0 Å². The topological polar surface area (TPSA) is 72.9 Å². The Morgan fingerprint density at radius 2 is 1.64 bits per heavy atom. The molecule has 1 saturated carbocycles. The highest BCUT2D eigenvalue weighted by molar-refractivity contribution is 7.91. The van der Waals surface area contributed by atoms with Crippen molar-refractivity contribution in [2.75, 3.05) is 0 Å². The second-order valence-corrected chi connectivity index (χ2v) is 7.84. The Hall–Kier alpha value is -1.95. The van der Waals surface area contributed by atoms with Gasteiger partial charge in [0.2, 0.25) is 9.84 Å². The van der Waals surface area contributed by atoms with Crippen molar-refractivity contribution in [2.45, 2.75) is 42.4 Å². The van der Waals surface area contributed by atoms with Crippen LogP contribution in [-0.2, 0) is 9.84 Å². The Balaban J connectivity index is 1.97. The van der Waals surface area contributed by atoms with E-state index in [2.05, 4.69) is 5.10 Å². The predicted molar refractivity (Wildman–Crippen MR) is 83.7 cm³/mol. The Labute approximate surface area is 129 Å². The summed E-state index contributed by atoms with van der Waals surface area (Å²) in [6.45, 7) is 0. The Kier molecular flexibility index (Phi) is 4.11. The average Bonchev–Trinajstić information content (AvgIpc) is 2.56. The lowest BCUT2D eigenvalue weighted by Crippen LogP contribution is -2.34. The third-order valence-electron chi connectivity index (χ3n) is 4.18. The molecule has 1 heterocycles. The maximum atomic E-state index is 12.6. The highest BCUT2D eigenvalue weighted by atomic mass is 32.2. The second kappa shape index (κ2) is 6.04. The molecule has 6 heteroatoms. The summed E-state index contributed by atoms with van der Waals surface area (Å²) in [6.07, 6.45) is 4.18. The van der Waals surface area contributed by atoms with Crippen LogP contribution in [0.5, 0.6) is 0 Å². The zero-order valence-electron chi connectivity index (χ0n) is 12.2. The van der Waals surface area contributed by atoms with Crippen LogP contribution in [0.2, 0.25) is 0 Å². The fourth-order valence-corrected chi connectivity index (χ4v) is 4.79. The molecule has 3 rings (SSSR count). The van der Waals surface area contributed by atoms with Gasteiger partial charge in [-0.2, -0.15) is 0 Å². The van der Waals surface area contributed by atoms with Gasteiger partial charge >= 0.3 is 5.03 Å². The Morgan fingerprint density at radius 3 is 2.27 bits per heavy atom. The lowest BCUT2D eigenvalue weighted by Gasteiger charge is -2.18.